The standard InChI is InChI=1S/C23H32N4O2/c1-17-9-3-5-11-19(17)25-22(28)16-27-21(15-26-13-7-2-8-14-26)24-20-12-6-4-10-18(20)23(27)29/h4,6,10,12,17,19H,2-3,5,7-9,11,13-16H2,1H3,(H,25,28)/t17-,19-/m0/s1. The van der Waals surface area contributed by atoms with E-state index < -0.39 is 0 Å². The summed E-state index contributed by atoms with van der Waals surface area (Å²) >= 11 is 0. The summed E-state index contributed by atoms with van der Waals surface area (Å²) in [4.78, 5) is 33.2. The molecule has 0 spiro atoms. The summed E-state index contributed by atoms with van der Waals surface area (Å²) < 4.78 is 1.60. The molecule has 2 heterocycles. The Morgan fingerprint density at radius 3 is 2.66 bits per heavy atom. The molecule has 1 N–H and O–H groups in total. The molecule has 1 aromatic heterocycles. The van der Waals surface area contributed by atoms with E-state index in [4.69, 9.17) is 4.98 Å². The van der Waals surface area contributed by atoms with Crippen LogP contribution in [0.5, 0.6) is 0 Å². The summed E-state index contributed by atoms with van der Waals surface area (Å²) in [6.45, 7) is 4.91. The van der Waals surface area contributed by atoms with Gasteiger partial charge in [-0.1, -0.05) is 38.3 Å². The lowest BCUT2D eigenvalue weighted by molar-refractivity contribution is -0.123. The van der Waals surface area contributed by atoms with Crippen molar-refractivity contribution >= 4 is 16.8 Å². The maximum atomic E-state index is 13.2. The fourth-order valence-electron chi connectivity index (χ4n) is 4.74. The number of fused-ring (bicyclic) bond motifs is 1. The Kier molecular flexibility index (Phi) is 6.28. The molecule has 6 heteroatoms. The van der Waals surface area contributed by atoms with Gasteiger partial charge in [-0.25, -0.2) is 4.98 Å². The molecule has 2 aromatic rings. The zero-order valence-electron chi connectivity index (χ0n) is 17.4. The molecule has 4 rings (SSSR count). The smallest absolute Gasteiger partial charge is 0.261 e. The van der Waals surface area contributed by atoms with E-state index in [-0.39, 0.29) is 24.1 Å². The second kappa shape index (κ2) is 9.08. The van der Waals surface area contributed by atoms with Gasteiger partial charge in [-0.15, -0.1) is 0 Å². The molecule has 1 amide bonds. The first-order valence-electron chi connectivity index (χ1n) is 11.1. The summed E-state index contributed by atoms with van der Waals surface area (Å²) in [6, 6.07) is 7.65. The van der Waals surface area contributed by atoms with Crippen LogP contribution < -0.4 is 10.9 Å². The van der Waals surface area contributed by atoms with Crippen LogP contribution in [0.25, 0.3) is 10.9 Å². The van der Waals surface area contributed by atoms with Crippen molar-refractivity contribution in [3.8, 4) is 0 Å². The largest absolute Gasteiger partial charge is 0.352 e. The van der Waals surface area contributed by atoms with Crippen LogP contribution in [0.15, 0.2) is 29.1 Å². The van der Waals surface area contributed by atoms with Crippen molar-refractivity contribution in [1.82, 2.24) is 19.8 Å². The van der Waals surface area contributed by atoms with Gasteiger partial charge in [0.15, 0.2) is 0 Å². The number of piperidine rings is 1. The summed E-state index contributed by atoms with van der Waals surface area (Å²) in [6.07, 6.45) is 8.20. The number of nitrogens with one attached hydrogen (secondary N) is 1. The number of para-hydroxylation sites is 1. The predicted molar refractivity (Wildman–Crippen MR) is 115 cm³/mol. The van der Waals surface area contributed by atoms with E-state index in [1.54, 1.807) is 10.6 Å². The van der Waals surface area contributed by atoms with Gasteiger partial charge in [0.1, 0.15) is 12.4 Å². The number of carbonyl (C=O) groups is 1. The van der Waals surface area contributed by atoms with Crippen molar-refractivity contribution in [1.29, 1.82) is 0 Å². The van der Waals surface area contributed by atoms with Crippen LogP contribution in [0.1, 0.15) is 57.7 Å². The zero-order chi connectivity index (χ0) is 20.2. The van der Waals surface area contributed by atoms with Gasteiger partial charge in [0.05, 0.1) is 17.4 Å². The van der Waals surface area contributed by atoms with Crippen molar-refractivity contribution in [2.75, 3.05) is 13.1 Å². The van der Waals surface area contributed by atoms with Gasteiger partial charge >= 0.3 is 0 Å². The van der Waals surface area contributed by atoms with E-state index in [2.05, 4.69) is 17.1 Å². The van der Waals surface area contributed by atoms with Crippen LogP contribution in [0.3, 0.4) is 0 Å². The predicted octanol–water partition coefficient (Wildman–Crippen LogP) is 3.08. The molecule has 2 fully saturated rings. The summed E-state index contributed by atoms with van der Waals surface area (Å²) in [5.41, 5.74) is 0.594. The topological polar surface area (TPSA) is 67.2 Å². The number of nitrogens with zero attached hydrogens (tertiary/aromatic N) is 3. The molecule has 6 nitrogen and oxygen atoms in total. The Balaban J connectivity index is 1.60. The molecule has 0 radical (unpaired) electrons. The van der Waals surface area contributed by atoms with E-state index in [0.717, 1.165) is 32.4 Å². The average molecular weight is 397 g/mol. The molecule has 1 saturated carbocycles. The van der Waals surface area contributed by atoms with Gasteiger partial charge in [0.2, 0.25) is 5.91 Å². The van der Waals surface area contributed by atoms with Crippen molar-refractivity contribution in [3.63, 3.8) is 0 Å². The third-order valence-electron chi connectivity index (χ3n) is 6.51. The highest BCUT2D eigenvalue weighted by Crippen LogP contribution is 2.23. The van der Waals surface area contributed by atoms with E-state index in [1.165, 1.54) is 25.7 Å². The highest BCUT2D eigenvalue weighted by molar-refractivity contribution is 5.79. The van der Waals surface area contributed by atoms with Gasteiger partial charge in [-0.05, 0) is 56.8 Å². The molecule has 156 valence electrons. The average Bonchev–Trinajstić information content (AvgIpc) is 2.73. The third kappa shape index (κ3) is 4.69. The van der Waals surface area contributed by atoms with E-state index in [0.29, 0.717) is 29.2 Å². The van der Waals surface area contributed by atoms with Crippen molar-refractivity contribution in [3.05, 3.63) is 40.4 Å². The SMILES string of the molecule is C[C@H]1CCCC[C@@H]1NC(=O)Cn1c(CN2CCCCC2)nc2ccccc2c1=O. The molecule has 1 aromatic carbocycles. The molecule has 1 aliphatic carbocycles. The Bertz CT molecular complexity index is 917. The quantitative estimate of drug-likeness (QED) is 0.843. The normalized spacial score (nSPS) is 23.2. The second-order valence-electron chi connectivity index (χ2n) is 8.71. The number of hydrogen-bond acceptors (Lipinski definition) is 4. The summed E-state index contributed by atoms with van der Waals surface area (Å²) in [5.74, 6) is 1.11. The lowest BCUT2D eigenvalue weighted by Crippen LogP contribution is -2.44. The Morgan fingerprint density at radius 1 is 1.10 bits per heavy atom. The molecule has 1 saturated heterocycles. The van der Waals surface area contributed by atoms with Crippen LogP contribution in [0.2, 0.25) is 0 Å². The highest BCUT2D eigenvalue weighted by Gasteiger charge is 2.24. The van der Waals surface area contributed by atoms with E-state index >= 15 is 0 Å². The Morgan fingerprint density at radius 2 is 1.86 bits per heavy atom. The first-order chi connectivity index (χ1) is 14.1. The molecule has 1 aliphatic heterocycles. The minimum Gasteiger partial charge on any atom is -0.352 e. The third-order valence-corrected chi connectivity index (χ3v) is 6.51. The Labute approximate surface area is 172 Å². The number of carbonyl (C=O) groups excluding carboxylic acids is 1. The molecule has 29 heavy (non-hydrogen) atoms. The van der Waals surface area contributed by atoms with Crippen molar-refractivity contribution < 1.29 is 4.79 Å². The lowest BCUT2D eigenvalue weighted by Gasteiger charge is -2.30. The second-order valence-corrected chi connectivity index (χ2v) is 8.71. The van der Waals surface area contributed by atoms with Crippen LogP contribution in [0.4, 0.5) is 0 Å². The van der Waals surface area contributed by atoms with E-state index in [1.807, 2.05) is 18.2 Å². The Hall–Kier alpha value is -2.21. The van der Waals surface area contributed by atoms with Crippen molar-refractivity contribution in [2.45, 2.75) is 71.0 Å². The molecule has 0 unspecified atom stereocenters. The minimum atomic E-state index is -0.116. The number of aromatic nitrogens is 2. The van der Waals surface area contributed by atoms with Gasteiger partial charge in [-0.3, -0.25) is 19.1 Å². The summed E-state index contributed by atoms with van der Waals surface area (Å²) in [5, 5.41) is 3.76. The number of hydrogen-bond donors (Lipinski definition) is 1. The number of benzene rings is 1. The zero-order valence-corrected chi connectivity index (χ0v) is 17.4. The maximum absolute atomic E-state index is 13.2. The lowest BCUT2D eigenvalue weighted by atomic mass is 9.86. The van der Waals surface area contributed by atoms with Gasteiger partial charge in [0, 0.05) is 6.04 Å². The fraction of sp³-hybridized carbons (Fsp3) is 0.609. The number of likely N-dealkylation sites (tertiary alicyclic amines) is 1. The van der Waals surface area contributed by atoms with Gasteiger partial charge in [-0.2, -0.15) is 0 Å². The van der Waals surface area contributed by atoms with E-state index in [9.17, 15) is 9.59 Å². The molecule has 2 atom stereocenters. The summed E-state index contributed by atoms with van der Waals surface area (Å²) in [7, 11) is 0. The van der Waals surface area contributed by atoms with Crippen molar-refractivity contribution in [2.24, 2.45) is 5.92 Å². The highest BCUT2D eigenvalue weighted by atomic mass is 16.2. The fourth-order valence-corrected chi connectivity index (χ4v) is 4.74. The van der Waals surface area contributed by atoms with Gasteiger partial charge in [0.25, 0.3) is 5.56 Å². The molecule has 0 bridgehead atoms. The molecular formula is C23H32N4O2. The number of amides is 1. The minimum absolute atomic E-state index is 0.0447. The first kappa shape index (κ1) is 20.1. The maximum Gasteiger partial charge on any atom is 0.261 e. The van der Waals surface area contributed by atoms with Crippen LogP contribution in [0, 0.1) is 5.92 Å². The monoisotopic (exact) mass is 396 g/mol. The first-order valence-corrected chi connectivity index (χ1v) is 11.1. The van der Waals surface area contributed by atoms with Crippen LogP contribution in [-0.2, 0) is 17.9 Å². The van der Waals surface area contributed by atoms with Gasteiger partial charge < -0.3 is 5.32 Å². The molecular weight excluding hydrogens is 364 g/mol. The van der Waals surface area contributed by atoms with Crippen LogP contribution >= 0.6 is 0 Å². The van der Waals surface area contributed by atoms with Crippen LogP contribution in [-0.4, -0.2) is 39.5 Å². The molecule has 2 aliphatic rings. The number of rotatable bonds is 5.